The number of para-hydroxylation sites is 1. The van der Waals surface area contributed by atoms with Crippen molar-refractivity contribution in [1.29, 1.82) is 0 Å². The van der Waals surface area contributed by atoms with Crippen LogP contribution in [-0.4, -0.2) is 31.8 Å². The van der Waals surface area contributed by atoms with Crippen LogP contribution in [0.4, 0.5) is 5.69 Å². The van der Waals surface area contributed by atoms with E-state index in [1.54, 1.807) is 0 Å². The predicted molar refractivity (Wildman–Crippen MR) is 92.2 cm³/mol. The Morgan fingerprint density at radius 1 is 1.13 bits per heavy atom. The third-order valence-electron chi connectivity index (χ3n) is 3.73. The molecule has 2 N–H and O–H groups in total. The number of aliphatic imine (C=N–C) groups is 1. The summed E-state index contributed by atoms with van der Waals surface area (Å²) < 4.78 is 11.0. The van der Waals surface area contributed by atoms with Gasteiger partial charge in [0.05, 0.1) is 0 Å². The summed E-state index contributed by atoms with van der Waals surface area (Å²) >= 11 is 0. The molecule has 1 aliphatic rings. The number of likely N-dealkylation sites (N-methyl/N-ethyl adjacent to an activating group) is 1. The second kappa shape index (κ2) is 7.05. The fourth-order valence-electron chi connectivity index (χ4n) is 2.55. The number of hydrogen-bond acceptors (Lipinski definition) is 5. The van der Waals surface area contributed by atoms with Crippen LogP contribution in [0.15, 0.2) is 59.6 Å². The molecule has 23 heavy (non-hydrogen) atoms. The first-order valence-electron chi connectivity index (χ1n) is 7.78. The van der Waals surface area contributed by atoms with Crippen molar-refractivity contribution in [2.24, 2.45) is 10.7 Å². The Hall–Kier alpha value is -2.69. The standard InChI is InChI=1S/C18H21N3O2/c1-2-21(12-14-13-22-18(19)20-14)15-8-10-17(11-9-15)23-16-6-4-3-5-7-16/h3-11,14H,2,12-13H2,1H3,(H2,19,20)/t14-/m0/s1. The SMILES string of the molecule is CCN(C[C@H]1COC(N)=N1)c1ccc(Oc2ccccc2)cc1. The fraction of sp³-hybridized carbons (Fsp3) is 0.278. The van der Waals surface area contributed by atoms with Crippen molar-refractivity contribution in [1.82, 2.24) is 0 Å². The molecular weight excluding hydrogens is 290 g/mol. The number of ether oxygens (including phenoxy) is 2. The highest BCUT2D eigenvalue weighted by Gasteiger charge is 2.19. The van der Waals surface area contributed by atoms with Gasteiger partial charge < -0.3 is 20.1 Å². The number of amidine groups is 1. The lowest BCUT2D eigenvalue weighted by atomic mass is 10.2. The molecule has 0 spiro atoms. The van der Waals surface area contributed by atoms with Gasteiger partial charge in [-0.15, -0.1) is 0 Å². The molecule has 0 amide bonds. The van der Waals surface area contributed by atoms with Gasteiger partial charge in [-0.25, -0.2) is 4.99 Å². The maximum absolute atomic E-state index is 5.82. The van der Waals surface area contributed by atoms with Gasteiger partial charge in [-0.3, -0.25) is 0 Å². The third kappa shape index (κ3) is 3.94. The molecule has 5 nitrogen and oxygen atoms in total. The van der Waals surface area contributed by atoms with Crippen molar-refractivity contribution in [3.8, 4) is 11.5 Å². The zero-order valence-corrected chi connectivity index (χ0v) is 13.2. The molecule has 3 rings (SSSR count). The molecule has 0 bridgehead atoms. The lowest BCUT2D eigenvalue weighted by molar-refractivity contribution is 0.313. The quantitative estimate of drug-likeness (QED) is 0.891. The second-order valence-corrected chi connectivity index (χ2v) is 5.38. The van der Waals surface area contributed by atoms with Crippen LogP contribution in [0.1, 0.15) is 6.92 Å². The van der Waals surface area contributed by atoms with Gasteiger partial charge in [0, 0.05) is 18.8 Å². The number of nitrogens with zero attached hydrogens (tertiary/aromatic N) is 2. The van der Waals surface area contributed by atoms with Crippen LogP contribution < -0.4 is 15.4 Å². The minimum absolute atomic E-state index is 0.0928. The van der Waals surface area contributed by atoms with Gasteiger partial charge in [0.1, 0.15) is 24.1 Å². The molecule has 5 heteroatoms. The van der Waals surface area contributed by atoms with Crippen LogP contribution in [0, 0.1) is 0 Å². The number of benzene rings is 2. The zero-order chi connectivity index (χ0) is 16.1. The Kier molecular flexibility index (Phi) is 4.66. The summed E-state index contributed by atoms with van der Waals surface area (Å²) in [4.78, 5) is 6.53. The molecule has 0 fully saturated rings. The van der Waals surface area contributed by atoms with Crippen LogP contribution in [0.2, 0.25) is 0 Å². The highest BCUT2D eigenvalue weighted by molar-refractivity contribution is 5.73. The van der Waals surface area contributed by atoms with Crippen LogP contribution in [0.3, 0.4) is 0 Å². The lowest BCUT2D eigenvalue weighted by Gasteiger charge is -2.24. The normalized spacial score (nSPS) is 16.6. The summed E-state index contributed by atoms with van der Waals surface area (Å²) in [7, 11) is 0. The van der Waals surface area contributed by atoms with E-state index in [2.05, 4.69) is 28.9 Å². The monoisotopic (exact) mass is 311 g/mol. The first-order valence-corrected chi connectivity index (χ1v) is 7.78. The van der Waals surface area contributed by atoms with Crippen molar-refractivity contribution >= 4 is 11.7 Å². The Labute approximate surface area is 136 Å². The molecule has 1 heterocycles. The van der Waals surface area contributed by atoms with Crippen LogP contribution >= 0.6 is 0 Å². The number of rotatable bonds is 6. The van der Waals surface area contributed by atoms with Crippen LogP contribution in [0.5, 0.6) is 11.5 Å². The second-order valence-electron chi connectivity index (χ2n) is 5.38. The molecule has 0 aromatic heterocycles. The zero-order valence-electron chi connectivity index (χ0n) is 13.2. The first kappa shape index (κ1) is 15.2. The van der Waals surface area contributed by atoms with Crippen LogP contribution in [0.25, 0.3) is 0 Å². The Morgan fingerprint density at radius 3 is 2.43 bits per heavy atom. The van der Waals surface area contributed by atoms with Gasteiger partial charge in [0.15, 0.2) is 0 Å². The smallest absolute Gasteiger partial charge is 0.282 e. The largest absolute Gasteiger partial charge is 0.463 e. The maximum atomic E-state index is 5.82. The molecule has 2 aromatic rings. The summed E-state index contributed by atoms with van der Waals surface area (Å²) in [6.07, 6.45) is 0. The van der Waals surface area contributed by atoms with Crippen molar-refractivity contribution in [3.63, 3.8) is 0 Å². The summed E-state index contributed by atoms with van der Waals surface area (Å²) in [6, 6.07) is 18.2. The van der Waals surface area contributed by atoms with E-state index in [9.17, 15) is 0 Å². The molecule has 0 radical (unpaired) electrons. The highest BCUT2D eigenvalue weighted by atomic mass is 16.5. The summed E-state index contributed by atoms with van der Waals surface area (Å²) in [5.74, 6) is 1.66. The van der Waals surface area contributed by atoms with E-state index < -0.39 is 0 Å². The molecule has 1 atom stereocenters. The molecule has 0 aliphatic carbocycles. The van der Waals surface area contributed by atoms with E-state index in [0.717, 1.165) is 30.3 Å². The van der Waals surface area contributed by atoms with Crippen molar-refractivity contribution in [2.75, 3.05) is 24.6 Å². The minimum Gasteiger partial charge on any atom is -0.463 e. The Morgan fingerprint density at radius 2 is 1.83 bits per heavy atom. The van der Waals surface area contributed by atoms with E-state index >= 15 is 0 Å². The fourth-order valence-corrected chi connectivity index (χ4v) is 2.55. The molecule has 0 unspecified atom stereocenters. The molecule has 2 aromatic carbocycles. The summed E-state index contributed by atoms with van der Waals surface area (Å²) in [6.45, 7) is 4.36. The van der Waals surface area contributed by atoms with E-state index in [4.69, 9.17) is 15.2 Å². The minimum atomic E-state index is 0.0928. The average molecular weight is 311 g/mol. The van der Waals surface area contributed by atoms with Gasteiger partial charge in [-0.2, -0.15) is 0 Å². The average Bonchev–Trinajstić information content (AvgIpc) is 3.00. The molecule has 1 aliphatic heterocycles. The molecule has 0 saturated heterocycles. The van der Waals surface area contributed by atoms with Crippen molar-refractivity contribution in [2.45, 2.75) is 13.0 Å². The maximum Gasteiger partial charge on any atom is 0.282 e. The highest BCUT2D eigenvalue weighted by Crippen LogP contribution is 2.24. The van der Waals surface area contributed by atoms with E-state index in [0.29, 0.717) is 6.61 Å². The van der Waals surface area contributed by atoms with Gasteiger partial charge in [-0.05, 0) is 43.3 Å². The molecule has 0 saturated carbocycles. The topological polar surface area (TPSA) is 60.1 Å². The first-order chi connectivity index (χ1) is 11.2. The number of anilines is 1. The van der Waals surface area contributed by atoms with E-state index in [-0.39, 0.29) is 12.1 Å². The molecule has 120 valence electrons. The van der Waals surface area contributed by atoms with Gasteiger partial charge in [0.25, 0.3) is 6.02 Å². The summed E-state index contributed by atoms with van der Waals surface area (Å²) in [5, 5.41) is 0. The van der Waals surface area contributed by atoms with Crippen LogP contribution in [-0.2, 0) is 4.74 Å². The summed E-state index contributed by atoms with van der Waals surface area (Å²) in [5.41, 5.74) is 6.70. The Bertz CT molecular complexity index is 656. The molecular formula is C18H21N3O2. The van der Waals surface area contributed by atoms with Gasteiger partial charge in [0.2, 0.25) is 0 Å². The Balaban J connectivity index is 1.65. The van der Waals surface area contributed by atoms with E-state index in [1.807, 2.05) is 42.5 Å². The number of hydrogen-bond donors (Lipinski definition) is 1. The van der Waals surface area contributed by atoms with E-state index in [1.165, 1.54) is 0 Å². The number of nitrogens with two attached hydrogens (primary N) is 1. The van der Waals surface area contributed by atoms with Crippen molar-refractivity contribution in [3.05, 3.63) is 54.6 Å². The van der Waals surface area contributed by atoms with Crippen molar-refractivity contribution < 1.29 is 9.47 Å². The lowest BCUT2D eigenvalue weighted by Crippen LogP contribution is -2.32. The van der Waals surface area contributed by atoms with Gasteiger partial charge >= 0.3 is 0 Å². The third-order valence-corrected chi connectivity index (χ3v) is 3.73. The van der Waals surface area contributed by atoms with Gasteiger partial charge in [-0.1, -0.05) is 18.2 Å². The predicted octanol–water partition coefficient (Wildman–Crippen LogP) is 3.02.